The molecule has 1 aliphatic heterocycles. The maximum absolute atomic E-state index is 6.69. The van der Waals surface area contributed by atoms with E-state index < -0.39 is 30.5 Å². The molecule has 1 heterocycles. The van der Waals surface area contributed by atoms with Gasteiger partial charge < -0.3 is 23.7 Å². The first kappa shape index (κ1) is 30.4. The minimum absolute atomic E-state index is 0.324. The zero-order chi connectivity index (χ0) is 28.8. The summed E-state index contributed by atoms with van der Waals surface area (Å²) in [6.07, 6.45) is -2.34. The molecule has 0 spiro atoms. The molecule has 0 radical (unpaired) electrons. The van der Waals surface area contributed by atoms with Crippen LogP contribution in [-0.4, -0.2) is 37.1 Å². The van der Waals surface area contributed by atoms with E-state index in [0.29, 0.717) is 33.0 Å². The Bertz CT molecular complexity index is 1380. The van der Waals surface area contributed by atoms with Crippen LogP contribution in [0.2, 0.25) is 0 Å². The van der Waals surface area contributed by atoms with Crippen LogP contribution in [0.3, 0.4) is 0 Å². The van der Waals surface area contributed by atoms with Gasteiger partial charge in [-0.2, -0.15) is 0 Å². The summed E-state index contributed by atoms with van der Waals surface area (Å²) < 4.78 is 35.7. The molecule has 5 atom stereocenters. The van der Waals surface area contributed by atoms with Gasteiger partial charge in [-0.25, -0.2) is 0 Å². The van der Waals surface area contributed by atoms with Crippen molar-refractivity contribution >= 4 is 22.6 Å². The van der Waals surface area contributed by atoms with Crippen molar-refractivity contribution in [3.05, 3.63) is 144 Å². The predicted molar refractivity (Wildman–Crippen MR) is 172 cm³/mol. The van der Waals surface area contributed by atoms with E-state index in [0.717, 1.165) is 22.3 Å². The summed E-state index contributed by atoms with van der Waals surface area (Å²) >= 11 is 2.05. The molecule has 0 unspecified atom stereocenters. The summed E-state index contributed by atoms with van der Waals surface area (Å²) in [4.78, 5) is 0. The van der Waals surface area contributed by atoms with Crippen molar-refractivity contribution in [2.24, 2.45) is 0 Å². The number of benzene rings is 4. The van der Waals surface area contributed by atoms with E-state index >= 15 is 0 Å². The minimum Gasteiger partial charge on any atom is -0.374 e. The van der Waals surface area contributed by atoms with Gasteiger partial charge in [-0.1, -0.05) is 127 Å². The van der Waals surface area contributed by atoms with E-state index in [9.17, 15) is 0 Å². The second kappa shape index (κ2) is 16.6. The largest absolute Gasteiger partial charge is 0.374 e. The summed E-state index contributed by atoms with van der Waals surface area (Å²) in [5, 5.41) is 0. The Morgan fingerprint density at radius 1 is 0.524 bits per heavy atom. The third-order valence-electron chi connectivity index (χ3n) is 7.08. The highest BCUT2D eigenvalue weighted by atomic mass is 127. The molecule has 5 rings (SSSR count). The lowest BCUT2D eigenvalue weighted by atomic mass is 9.94. The molecule has 0 saturated carbocycles. The minimum atomic E-state index is -0.520. The molecule has 1 fully saturated rings. The lowest BCUT2D eigenvalue weighted by molar-refractivity contribution is -0.261. The summed E-state index contributed by atoms with van der Waals surface area (Å²) in [5.41, 5.74) is 4.30. The molecular formula is C36H35IO5. The maximum atomic E-state index is 6.69. The first-order valence-corrected chi connectivity index (χ1v) is 15.2. The van der Waals surface area contributed by atoms with Gasteiger partial charge in [0.25, 0.3) is 0 Å². The lowest BCUT2D eigenvalue weighted by Gasteiger charge is -2.44. The van der Waals surface area contributed by atoms with Gasteiger partial charge >= 0.3 is 0 Å². The highest BCUT2D eigenvalue weighted by Gasteiger charge is 2.48. The summed E-state index contributed by atoms with van der Waals surface area (Å²) in [6.45, 7) is 2.01. The van der Waals surface area contributed by atoms with Gasteiger partial charge in [-0.05, 0) is 26.2 Å². The molecule has 4 aromatic rings. The quantitative estimate of drug-likeness (QED) is 0.112. The van der Waals surface area contributed by atoms with Crippen molar-refractivity contribution in [3.8, 4) is 9.85 Å². The molecule has 0 amide bonds. The van der Waals surface area contributed by atoms with E-state index in [1.807, 2.05) is 84.9 Å². The van der Waals surface area contributed by atoms with E-state index in [4.69, 9.17) is 23.7 Å². The molecule has 6 heteroatoms. The van der Waals surface area contributed by atoms with Crippen LogP contribution in [0.25, 0.3) is 0 Å². The lowest BCUT2D eigenvalue weighted by Crippen LogP contribution is -2.60. The highest BCUT2D eigenvalue weighted by molar-refractivity contribution is 14.1. The van der Waals surface area contributed by atoms with E-state index in [2.05, 4.69) is 68.8 Å². The molecule has 216 valence electrons. The van der Waals surface area contributed by atoms with Gasteiger partial charge in [0.15, 0.2) is 0 Å². The van der Waals surface area contributed by atoms with Crippen molar-refractivity contribution in [2.45, 2.75) is 56.9 Å². The van der Waals surface area contributed by atoms with Crippen LogP contribution in [0.4, 0.5) is 0 Å². The van der Waals surface area contributed by atoms with Gasteiger partial charge in [0.2, 0.25) is 0 Å². The number of halogens is 1. The molecule has 0 aromatic heterocycles. The van der Waals surface area contributed by atoms with Crippen LogP contribution < -0.4 is 0 Å². The molecule has 4 aromatic carbocycles. The number of hydrogen-bond donors (Lipinski definition) is 0. The Balaban J connectivity index is 1.41. The van der Waals surface area contributed by atoms with Crippen LogP contribution in [0.15, 0.2) is 121 Å². The third kappa shape index (κ3) is 8.98. The van der Waals surface area contributed by atoms with Crippen molar-refractivity contribution in [1.29, 1.82) is 0 Å². The molecule has 1 saturated heterocycles. The first-order chi connectivity index (χ1) is 20.8. The number of rotatable bonds is 13. The smallest absolute Gasteiger partial charge is 0.148 e. The standard InChI is InChI=1S/C36H35IO5/c37-22-21-32-34(39-24-29-15-7-2-8-16-29)36(41-26-31-19-11-4-12-20-31)35(40-25-30-17-9-3-10-18-30)33(42-32)27-38-23-28-13-5-1-6-14-28/h1-20,32-36H,23-27H2/t32-,33+,34-,35+,36+/m0/s1. The Labute approximate surface area is 262 Å². The third-order valence-corrected chi connectivity index (χ3v) is 7.39. The van der Waals surface area contributed by atoms with E-state index in [-0.39, 0.29) is 0 Å². The Morgan fingerprint density at radius 2 is 0.929 bits per heavy atom. The average molecular weight is 675 g/mol. The summed E-state index contributed by atoms with van der Waals surface area (Å²) in [6, 6.07) is 40.5. The molecule has 42 heavy (non-hydrogen) atoms. The Morgan fingerprint density at radius 3 is 1.38 bits per heavy atom. The zero-order valence-corrected chi connectivity index (χ0v) is 25.5. The Hall–Kier alpha value is -3.03. The maximum Gasteiger partial charge on any atom is 0.148 e. The van der Waals surface area contributed by atoms with Crippen LogP contribution in [0.5, 0.6) is 0 Å². The van der Waals surface area contributed by atoms with Gasteiger partial charge in [0.1, 0.15) is 30.5 Å². The predicted octanol–water partition coefficient (Wildman–Crippen LogP) is 7.12. The van der Waals surface area contributed by atoms with E-state index in [1.54, 1.807) is 0 Å². The molecule has 0 bridgehead atoms. The monoisotopic (exact) mass is 674 g/mol. The fourth-order valence-corrected chi connectivity index (χ4v) is 5.27. The zero-order valence-electron chi connectivity index (χ0n) is 23.4. The van der Waals surface area contributed by atoms with Gasteiger partial charge in [-0.3, -0.25) is 0 Å². The second-order valence-electron chi connectivity index (χ2n) is 10.1. The second-order valence-corrected chi connectivity index (χ2v) is 10.7. The molecular weight excluding hydrogens is 639 g/mol. The van der Waals surface area contributed by atoms with Gasteiger partial charge in [-0.15, -0.1) is 0 Å². The highest BCUT2D eigenvalue weighted by Crippen LogP contribution is 2.31. The van der Waals surface area contributed by atoms with Crippen molar-refractivity contribution in [3.63, 3.8) is 0 Å². The first-order valence-electron chi connectivity index (χ1n) is 14.1. The van der Waals surface area contributed by atoms with Crippen molar-refractivity contribution in [2.75, 3.05) is 6.61 Å². The van der Waals surface area contributed by atoms with Crippen LogP contribution in [0, 0.1) is 9.85 Å². The van der Waals surface area contributed by atoms with Gasteiger partial charge in [0, 0.05) is 22.6 Å². The normalized spacial score (nSPS) is 21.8. The summed E-state index contributed by atoms with van der Waals surface area (Å²) in [7, 11) is 0. The van der Waals surface area contributed by atoms with Crippen molar-refractivity contribution < 1.29 is 23.7 Å². The Kier molecular flexibility index (Phi) is 12.0. The number of ether oxygens (including phenoxy) is 5. The SMILES string of the molecule is IC#C[C@@H]1O[C@H](COCc2ccccc2)[C@@H](OCc2ccccc2)[C@H](OCc2ccccc2)[C@H]1OCc1ccccc1. The fraction of sp³-hybridized carbons (Fsp3) is 0.278. The summed E-state index contributed by atoms with van der Waals surface area (Å²) in [5.74, 6) is 3.23. The van der Waals surface area contributed by atoms with Crippen LogP contribution >= 0.6 is 22.6 Å². The number of hydrogen-bond acceptors (Lipinski definition) is 5. The molecule has 0 N–H and O–H groups in total. The molecule has 0 aliphatic carbocycles. The van der Waals surface area contributed by atoms with Crippen molar-refractivity contribution in [1.82, 2.24) is 0 Å². The molecule has 1 aliphatic rings. The average Bonchev–Trinajstić information content (AvgIpc) is 3.05. The van der Waals surface area contributed by atoms with E-state index in [1.165, 1.54) is 0 Å². The fourth-order valence-electron chi connectivity index (χ4n) is 4.96. The molecule has 5 nitrogen and oxygen atoms in total. The van der Waals surface area contributed by atoms with Crippen LogP contribution in [-0.2, 0) is 50.1 Å². The topological polar surface area (TPSA) is 46.2 Å². The van der Waals surface area contributed by atoms with Gasteiger partial charge in [0.05, 0.1) is 33.0 Å². The van der Waals surface area contributed by atoms with Crippen LogP contribution in [0.1, 0.15) is 22.3 Å².